The number of benzene rings is 1. The molecule has 1 aliphatic rings. The third-order valence-corrected chi connectivity index (χ3v) is 4.23. The molecule has 1 fully saturated rings. The van der Waals surface area contributed by atoms with Crippen LogP contribution in [0.4, 0.5) is 10.5 Å². The van der Waals surface area contributed by atoms with Crippen molar-refractivity contribution in [2.75, 3.05) is 11.9 Å². The lowest BCUT2D eigenvalue weighted by Crippen LogP contribution is -2.47. The molecule has 0 unspecified atom stereocenters. The molecule has 0 radical (unpaired) electrons. The van der Waals surface area contributed by atoms with E-state index in [1.165, 1.54) is 6.42 Å². The Bertz CT molecular complexity index is 525. The molecule has 2 N–H and O–H groups in total. The van der Waals surface area contributed by atoms with Gasteiger partial charge in [-0.3, -0.25) is 0 Å². The zero-order valence-electron chi connectivity index (χ0n) is 15.0. The highest BCUT2D eigenvalue weighted by Gasteiger charge is 2.27. The van der Waals surface area contributed by atoms with Gasteiger partial charge in [0.25, 0.3) is 0 Å². The Labute approximate surface area is 145 Å². The van der Waals surface area contributed by atoms with Crippen molar-refractivity contribution in [3.63, 3.8) is 0 Å². The van der Waals surface area contributed by atoms with Crippen LogP contribution >= 0.6 is 0 Å². The molecular weight excluding hydrogens is 304 g/mol. The molecule has 1 aromatic rings. The smallest absolute Gasteiger partial charge is 0.322 e. The first-order valence-electron chi connectivity index (χ1n) is 8.98. The van der Waals surface area contributed by atoms with E-state index in [4.69, 9.17) is 4.74 Å². The number of aliphatic hydroxyl groups is 1. The summed E-state index contributed by atoms with van der Waals surface area (Å²) in [5.41, 5.74) is 0.669. The number of rotatable bonds is 6. The molecule has 5 nitrogen and oxygen atoms in total. The number of carbonyl (C=O) groups is 1. The lowest BCUT2D eigenvalue weighted by atomic mass is 9.94. The summed E-state index contributed by atoms with van der Waals surface area (Å²) in [4.78, 5) is 14.6. The average molecular weight is 334 g/mol. The Morgan fingerprint density at radius 1 is 1.25 bits per heavy atom. The van der Waals surface area contributed by atoms with Gasteiger partial charge in [-0.15, -0.1) is 0 Å². The van der Waals surface area contributed by atoms with Crippen LogP contribution in [-0.4, -0.2) is 40.8 Å². The van der Waals surface area contributed by atoms with Crippen LogP contribution in [0.3, 0.4) is 0 Å². The summed E-state index contributed by atoms with van der Waals surface area (Å²) >= 11 is 0. The van der Waals surface area contributed by atoms with Crippen molar-refractivity contribution in [3.05, 3.63) is 24.3 Å². The summed E-state index contributed by atoms with van der Waals surface area (Å²) in [5, 5.41) is 12.8. The first-order chi connectivity index (χ1) is 11.5. The molecule has 134 valence electrons. The molecule has 0 heterocycles. The second kappa shape index (κ2) is 8.92. The van der Waals surface area contributed by atoms with Crippen LogP contribution in [-0.2, 0) is 0 Å². The standard InChI is InChI=1S/C19H30N2O3/c1-14(2)24-18-12-8-7-11-17(18)20-19(23)21(13-15(3)22)16-9-5-4-6-10-16/h7-8,11-12,14-16,22H,4-6,9-10,13H2,1-3H3,(H,20,23)/t15-/m1/s1. The summed E-state index contributed by atoms with van der Waals surface area (Å²) in [5.74, 6) is 0.668. The second-order valence-corrected chi connectivity index (χ2v) is 6.89. The van der Waals surface area contributed by atoms with Gasteiger partial charge in [0.2, 0.25) is 0 Å². The van der Waals surface area contributed by atoms with E-state index in [0.29, 0.717) is 18.0 Å². The van der Waals surface area contributed by atoms with Gasteiger partial charge in [-0.2, -0.15) is 0 Å². The van der Waals surface area contributed by atoms with Gasteiger partial charge in [0.1, 0.15) is 5.75 Å². The lowest BCUT2D eigenvalue weighted by Gasteiger charge is -2.35. The molecule has 0 aromatic heterocycles. The number of carbonyl (C=O) groups excluding carboxylic acids is 1. The minimum Gasteiger partial charge on any atom is -0.489 e. The minimum absolute atomic E-state index is 0.0370. The molecule has 0 spiro atoms. The van der Waals surface area contributed by atoms with Crippen LogP contribution in [0.25, 0.3) is 0 Å². The molecule has 0 aliphatic heterocycles. The van der Waals surface area contributed by atoms with Crippen LogP contribution in [0.1, 0.15) is 52.9 Å². The van der Waals surface area contributed by atoms with Gasteiger partial charge >= 0.3 is 6.03 Å². The van der Waals surface area contributed by atoms with Crippen LogP contribution in [0.5, 0.6) is 5.75 Å². The molecule has 1 aliphatic carbocycles. The monoisotopic (exact) mass is 334 g/mol. The Morgan fingerprint density at radius 3 is 2.54 bits per heavy atom. The van der Waals surface area contributed by atoms with E-state index in [-0.39, 0.29) is 18.2 Å². The van der Waals surface area contributed by atoms with Crippen LogP contribution in [0, 0.1) is 0 Å². The summed E-state index contributed by atoms with van der Waals surface area (Å²) in [6.07, 6.45) is 5.01. The largest absolute Gasteiger partial charge is 0.489 e. The highest BCUT2D eigenvalue weighted by Crippen LogP contribution is 2.27. The van der Waals surface area contributed by atoms with Gasteiger partial charge in [-0.1, -0.05) is 31.4 Å². The summed E-state index contributed by atoms with van der Waals surface area (Å²) in [6, 6.07) is 7.51. The molecule has 2 rings (SSSR count). The SMILES string of the molecule is CC(C)Oc1ccccc1NC(=O)N(C[C@@H](C)O)C1CCCCC1. The van der Waals surface area contributed by atoms with E-state index in [1.807, 2.05) is 38.1 Å². The van der Waals surface area contributed by atoms with Gasteiger partial charge in [0.05, 0.1) is 17.9 Å². The maximum atomic E-state index is 12.8. The maximum absolute atomic E-state index is 12.8. The van der Waals surface area contributed by atoms with Crippen molar-refractivity contribution in [2.45, 2.75) is 71.1 Å². The highest BCUT2D eigenvalue weighted by atomic mass is 16.5. The van der Waals surface area contributed by atoms with E-state index >= 15 is 0 Å². The number of ether oxygens (including phenoxy) is 1. The number of aliphatic hydroxyl groups excluding tert-OH is 1. The van der Waals surface area contributed by atoms with Crippen molar-refractivity contribution in [3.8, 4) is 5.75 Å². The maximum Gasteiger partial charge on any atom is 0.322 e. The number of urea groups is 1. The molecule has 2 amide bonds. The van der Waals surface area contributed by atoms with Gasteiger partial charge < -0.3 is 20.1 Å². The third-order valence-electron chi connectivity index (χ3n) is 4.23. The first-order valence-corrected chi connectivity index (χ1v) is 8.98. The summed E-state index contributed by atoms with van der Waals surface area (Å²) in [7, 11) is 0. The predicted molar refractivity (Wildman–Crippen MR) is 96.5 cm³/mol. The molecule has 5 heteroatoms. The number of nitrogens with zero attached hydrogens (tertiary/aromatic N) is 1. The summed E-state index contributed by atoms with van der Waals surface area (Å²) in [6.45, 7) is 5.99. The van der Waals surface area contributed by atoms with Crippen molar-refractivity contribution in [2.24, 2.45) is 0 Å². The van der Waals surface area contributed by atoms with Crippen LogP contribution < -0.4 is 10.1 Å². The predicted octanol–water partition coefficient (Wildman–Crippen LogP) is 4.02. The van der Waals surface area contributed by atoms with E-state index in [2.05, 4.69) is 5.32 Å². The van der Waals surface area contributed by atoms with E-state index in [0.717, 1.165) is 25.7 Å². The van der Waals surface area contributed by atoms with Crippen molar-refractivity contribution in [1.29, 1.82) is 0 Å². The number of hydrogen-bond donors (Lipinski definition) is 2. The summed E-state index contributed by atoms with van der Waals surface area (Å²) < 4.78 is 5.77. The van der Waals surface area contributed by atoms with Gasteiger partial charge in [0, 0.05) is 12.6 Å². The van der Waals surface area contributed by atoms with Gasteiger partial charge in [-0.05, 0) is 45.7 Å². The second-order valence-electron chi connectivity index (χ2n) is 6.89. The molecule has 1 saturated carbocycles. The van der Waals surface area contributed by atoms with E-state index < -0.39 is 6.10 Å². The molecule has 24 heavy (non-hydrogen) atoms. The fourth-order valence-corrected chi connectivity index (χ4v) is 3.19. The van der Waals surface area contributed by atoms with Crippen LogP contribution in [0.2, 0.25) is 0 Å². The Hall–Kier alpha value is -1.75. The van der Waals surface area contributed by atoms with Gasteiger partial charge in [-0.25, -0.2) is 4.79 Å². The number of para-hydroxylation sites is 2. The van der Waals surface area contributed by atoms with Crippen molar-refractivity contribution >= 4 is 11.7 Å². The number of amides is 2. The minimum atomic E-state index is -0.542. The Balaban J connectivity index is 2.12. The lowest BCUT2D eigenvalue weighted by molar-refractivity contribution is 0.105. The normalized spacial score (nSPS) is 16.7. The van der Waals surface area contributed by atoms with Crippen molar-refractivity contribution in [1.82, 2.24) is 4.90 Å². The average Bonchev–Trinajstić information content (AvgIpc) is 2.54. The molecule has 0 saturated heterocycles. The Morgan fingerprint density at radius 2 is 1.92 bits per heavy atom. The number of nitrogens with one attached hydrogen (secondary N) is 1. The van der Waals surface area contributed by atoms with Crippen molar-refractivity contribution < 1.29 is 14.6 Å². The third kappa shape index (κ3) is 5.41. The molecular formula is C19H30N2O3. The topological polar surface area (TPSA) is 61.8 Å². The zero-order valence-corrected chi connectivity index (χ0v) is 15.0. The Kier molecular flexibility index (Phi) is 6.91. The molecule has 1 atom stereocenters. The van der Waals surface area contributed by atoms with Gasteiger partial charge in [0.15, 0.2) is 0 Å². The van der Waals surface area contributed by atoms with Crippen LogP contribution in [0.15, 0.2) is 24.3 Å². The fourth-order valence-electron chi connectivity index (χ4n) is 3.19. The quantitative estimate of drug-likeness (QED) is 0.826. The molecule has 1 aromatic carbocycles. The number of hydrogen-bond acceptors (Lipinski definition) is 3. The fraction of sp³-hybridized carbons (Fsp3) is 0.632. The molecule has 0 bridgehead atoms. The van der Waals surface area contributed by atoms with E-state index in [9.17, 15) is 9.90 Å². The zero-order chi connectivity index (χ0) is 17.5. The van der Waals surface area contributed by atoms with E-state index in [1.54, 1.807) is 11.8 Å². The first kappa shape index (κ1) is 18.6. The number of anilines is 1. The highest BCUT2D eigenvalue weighted by molar-refractivity contribution is 5.91.